The van der Waals surface area contributed by atoms with E-state index in [1.165, 1.54) is 9.75 Å². The van der Waals surface area contributed by atoms with Crippen molar-refractivity contribution in [2.75, 3.05) is 26.7 Å². The number of nitrogens with one attached hydrogen (secondary N) is 1. The third-order valence-corrected chi connectivity index (χ3v) is 3.13. The SMILES string of the molecule is CCNCCN(C)Cc1ccc(C)s1. The summed E-state index contributed by atoms with van der Waals surface area (Å²) in [4.78, 5) is 5.22. The van der Waals surface area contributed by atoms with Crippen LogP contribution in [-0.4, -0.2) is 31.6 Å². The first kappa shape index (κ1) is 11.7. The molecule has 0 saturated carbocycles. The summed E-state index contributed by atoms with van der Waals surface area (Å²) in [5.74, 6) is 0. The summed E-state index contributed by atoms with van der Waals surface area (Å²) in [5.41, 5.74) is 0. The zero-order valence-corrected chi connectivity index (χ0v) is 10.2. The van der Waals surface area contributed by atoms with E-state index in [9.17, 15) is 0 Å². The molecule has 2 nitrogen and oxygen atoms in total. The lowest BCUT2D eigenvalue weighted by atomic mass is 10.4. The minimum absolute atomic E-state index is 1.06. The van der Waals surface area contributed by atoms with Gasteiger partial charge in [-0.05, 0) is 32.6 Å². The van der Waals surface area contributed by atoms with Crippen molar-refractivity contribution in [2.24, 2.45) is 0 Å². The summed E-state index contributed by atoms with van der Waals surface area (Å²) in [6.45, 7) is 8.63. The smallest absolute Gasteiger partial charge is 0.0325 e. The van der Waals surface area contributed by atoms with Crippen LogP contribution in [-0.2, 0) is 6.54 Å². The zero-order valence-electron chi connectivity index (χ0n) is 9.34. The number of hydrogen-bond acceptors (Lipinski definition) is 3. The summed E-state index contributed by atoms with van der Waals surface area (Å²) in [7, 11) is 2.17. The van der Waals surface area contributed by atoms with Crippen LogP contribution in [0.5, 0.6) is 0 Å². The average molecular weight is 212 g/mol. The molecule has 0 spiro atoms. The van der Waals surface area contributed by atoms with Gasteiger partial charge in [-0.15, -0.1) is 11.3 Å². The Morgan fingerprint density at radius 1 is 1.43 bits per heavy atom. The van der Waals surface area contributed by atoms with Gasteiger partial charge in [0.1, 0.15) is 0 Å². The fraction of sp³-hybridized carbons (Fsp3) is 0.636. The van der Waals surface area contributed by atoms with E-state index in [4.69, 9.17) is 0 Å². The number of likely N-dealkylation sites (N-methyl/N-ethyl adjacent to an activating group) is 2. The first-order chi connectivity index (χ1) is 6.72. The van der Waals surface area contributed by atoms with Crippen LogP contribution in [0, 0.1) is 6.92 Å². The minimum atomic E-state index is 1.06. The van der Waals surface area contributed by atoms with Crippen LogP contribution in [0.2, 0.25) is 0 Å². The summed E-state index contributed by atoms with van der Waals surface area (Å²) < 4.78 is 0. The molecule has 0 radical (unpaired) electrons. The van der Waals surface area contributed by atoms with E-state index < -0.39 is 0 Å². The standard InChI is InChI=1S/C11H20N2S/c1-4-12-7-8-13(3)9-11-6-5-10(2)14-11/h5-6,12H,4,7-9H2,1-3H3. The molecule has 1 heterocycles. The van der Waals surface area contributed by atoms with E-state index in [-0.39, 0.29) is 0 Å². The molecule has 0 saturated heterocycles. The van der Waals surface area contributed by atoms with Gasteiger partial charge < -0.3 is 10.2 Å². The van der Waals surface area contributed by atoms with Crippen molar-refractivity contribution in [1.29, 1.82) is 0 Å². The van der Waals surface area contributed by atoms with Crippen LogP contribution < -0.4 is 5.32 Å². The van der Waals surface area contributed by atoms with Gasteiger partial charge in [0.2, 0.25) is 0 Å². The summed E-state index contributed by atoms with van der Waals surface area (Å²) >= 11 is 1.89. The lowest BCUT2D eigenvalue weighted by molar-refractivity contribution is 0.328. The van der Waals surface area contributed by atoms with Crippen molar-refractivity contribution in [3.05, 3.63) is 21.9 Å². The molecule has 3 heteroatoms. The predicted octanol–water partition coefficient (Wildman–Crippen LogP) is 2.10. The lowest BCUT2D eigenvalue weighted by Crippen LogP contribution is -2.28. The van der Waals surface area contributed by atoms with Crippen LogP contribution >= 0.6 is 11.3 Å². The largest absolute Gasteiger partial charge is 0.316 e. The monoisotopic (exact) mass is 212 g/mol. The second-order valence-corrected chi connectivity index (χ2v) is 4.98. The molecule has 1 aromatic rings. The fourth-order valence-corrected chi connectivity index (χ4v) is 2.33. The summed E-state index contributed by atoms with van der Waals surface area (Å²) in [5, 5.41) is 3.33. The Hall–Kier alpha value is -0.380. The van der Waals surface area contributed by atoms with E-state index in [1.807, 2.05) is 11.3 Å². The van der Waals surface area contributed by atoms with E-state index >= 15 is 0 Å². The Balaban J connectivity index is 2.23. The number of thiophene rings is 1. The van der Waals surface area contributed by atoms with Crippen molar-refractivity contribution < 1.29 is 0 Å². The highest BCUT2D eigenvalue weighted by atomic mass is 32.1. The molecule has 0 aromatic carbocycles. The fourth-order valence-electron chi connectivity index (χ4n) is 1.36. The summed E-state index contributed by atoms with van der Waals surface area (Å²) in [6.07, 6.45) is 0. The molecule has 0 fully saturated rings. The van der Waals surface area contributed by atoms with Crippen LogP contribution in [0.1, 0.15) is 16.7 Å². The Labute approximate surface area is 90.9 Å². The first-order valence-corrected chi connectivity index (χ1v) is 5.98. The molecule has 0 aliphatic rings. The van der Waals surface area contributed by atoms with Gasteiger partial charge in [-0.1, -0.05) is 6.92 Å². The van der Waals surface area contributed by atoms with Crippen LogP contribution in [0.3, 0.4) is 0 Å². The third kappa shape index (κ3) is 4.22. The van der Waals surface area contributed by atoms with Gasteiger partial charge in [0, 0.05) is 29.4 Å². The maximum absolute atomic E-state index is 3.33. The maximum Gasteiger partial charge on any atom is 0.0325 e. The molecule has 0 unspecified atom stereocenters. The number of nitrogens with zero attached hydrogens (tertiary/aromatic N) is 1. The number of rotatable bonds is 6. The molecule has 80 valence electrons. The van der Waals surface area contributed by atoms with Crippen molar-refractivity contribution >= 4 is 11.3 Å². The Morgan fingerprint density at radius 2 is 2.21 bits per heavy atom. The number of aryl methyl sites for hydroxylation is 1. The normalized spacial score (nSPS) is 11.1. The van der Waals surface area contributed by atoms with Gasteiger partial charge >= 0.3 is 0 Å². The van der Waals surface area contributed by atoms with Gasteiger partial charge in [-0.2, -0.15) is 0 Å². The highest BCUT2D eigenvalue weighted by Gasteiger charge is 2.01. The van der Waals surface area contributed by atoms with Crippen LogP contribution in [0.4, 0.5) is 0 Å². The molecule has 0 amide bonds. The molecule has 1 aromatic heterocycles. The van der Waals surface area contributed by atoms with Gasteiger partial charge in [0.25, 0.3) is 0 Å². The molecular formula is C11H20N2S. The minimum Gasteiger partial charge on any atom is -0.316 e. The zero-order chi connectivity index (χ0) is 10.4. The van der Waals surface area contributed by atoms with E-state index in [0.29, 0.717) is 0 Å². The highest BCUT2D eigenvalue weighted by Crippen LogP contribution is 2.16. The summed E-state index contributed by atoms with van der Waals surface area (Å²) in [6, 6.07) is 4.42. The molecule has 0 aliphatic heterocycles. The Morgan fingerprint density at radius 3 is 2.79 bits per heavy atom. The van der Waals surface area contributed by atoms with Crippen molar-refractivity contribution in [3.8, 4) is 0 Å². The van der Waals surface area contributed by atoms with Crippen LogP contribution in [0.25, 0.3) is 0 Å². The van der Waals surface area contributed by atoms with Gasteiger partial charge in [0.05, 0.1) is 0 Å². The highest BCUT2D eigenvalue weighted by molar-refractivity contribution is 7.11. The molecule has 1 rings (SSSR count). The molecular weight excluding hydrogens is 192 g/mol. The van der Waals surface area contributed by atoms with Crippen LogP contribution in [0.15, 0.2) is 12.1 Å². The quantitative estimate of drug-likeness (QED) is 0.727. The van der Waals surface area contributed by atoms with Gasteiger partial charge in [-0.3, -0.25) is 0 Å². The van der Waals surface area contributed by atoms with E-state index in [0.717, 1.165) is 26.2 Å². The van der Waals surface area contributed by atoms with Crippen molar-refractivity contribution in [1.82, 2.24) is 10.2 Å². The second-order valence-electron chi connectivity index (χ2n) is 3.60. The van der Waals surface area contributed by atoms with E-state index in [2.05, 4.69) is 43.2 Å². The van der Waals surface area contributed by atoms with Gasteiger partial charge in [-0.25, -0.2) is 0 Å². The average Bonchev–Trinajstić information content (AvgIpc) is 2.52. The lowest BCUT2D eigenvalue weighted by Gasteiger charge is -2.15. The molecule has 14 heavy (non-hydrogen) atoms. The Bertz CT molecular complexity index is 258. The first-order valence-electron chi connectivity index (χ1n) is 5.17. The van der Waals surface area contributed by atoms with E-state index in [1.54, 1.807) is 0 Å². The van der Waals surface area contributed by atoms with Crippen molar-refractivity contribution in [3.63, 3.8) is 0 Å². The van der Waals surface area contributed by atoms with Gasteiger partial charge in [0.15, 0.2) is 0 Å². The Kier molecular flexibility index (Phi) is 5.15. The third-order valence-electron chi connectivity index (χ3n) is 2.14. The second kappa shape index (κ2) is 6.17. The molecule has 0 atom stereocenters. The number of hydrogen-bond donors (Lipinski definition) is 1. The maximum atomic E-state index is 3.33. The topological polar surface area (TPSA) is 15.3 Å². The predicted molar refractivity (Wildman–Crippen MR) is 63.9 cm³/mol. The van der Waals surface area contributed by atoms with Crippen molar-refractivity contribution in [2.45, 2.75) is 20.4 Å². The molecule has 0 aliphatic carbocycles. The molecule has 0 bridgehead atoms. The molecule has 1 N–H and O–H groups in total.